The Balaban J connectivity index is 2.19. The third-order valence-electron chi connectivity index (χ3n) is 4.02. The average Bonchev–Trinajstić information content (AvgIpc) is 2.68. The number of nitrogens with one attached hydrogen (secondary N) is 1. The fourth-order valence-electron chi connectivity index (χ4n) is 2.60. The maximum atomic E-state index is 12.5. The van der Waals surface area contributed by atoms with Crippen molar-refractivity contribution in [2.24, 2.45) is 0 Å². The molecule has 0 aromatic heterocycles. The summed E-state index contributed by atoms with van der Waals surface area (Å²) in [6.45, 7) is 0. The van der Waals surface area contributed by atoms with Gasteiger partial charge in [-0.1, -0.05) is 29.8 Å². The zero-order chi connectivity index (χ0) is 19.8. The van der Waals surface area contributed by atoms with Crippen LogP contribution in [0.3, 0.4) is 0 Å². The molecule has 0 saturated carbocycles. The van der Waals surface area contributed by atoms with Gasteiger partial charge < -0.3 is 19.5 Å². The van der Waals surface area contributed by atoms with Crippen molar-refractivity contribution in [3.05, 3.63) is 58.6 Å². The van der Waals surface area contributed by atoms with Crippen LogP contribution in [0.5, 0.6) is 11.5 Å². The molecule has 7 heteroatoms. The molecule has 2 aromatic carbocycles. The first-order valence-electron chi connectivity index (χ1n) is 8.29. The number of amides is 1. The van der Waals surface area contributed by atoms with Gasteiger partial charge in [-0.2, -0.15) is 0 Å². The Morgan fingerprint density at radius 3 is 2.26 bits per heavy atom. The molecule has 6 nitrogen and oxygen atoms in total. The summed E-state index contributed by atoms with van der Waals surface area (Å²) < 4.78 is 15.3. The predicted molar refractivity (Wildman–Crippen MR) is 102 cm³/mol. The van der Waals surface area contributed by atoms with E-state index in [0.29, 0.717) is 22.1 Å². The summed E-state index contributed by atoms with van der Waals surface area (Å²) in [4.78, 5) is 24.3. The number of halogens is 1. The predicted octanol–water partition coefficient (Wildman–Crippen LogP) is 3.32. The Labute approximate surface area is 163 Å². The highest BCUT2D eigenvalue weighted by molar-refractivity contribution is 6.30. The van der Waals surface area contributed by atoms with Gasteiger partial charge in [0.1, 0.15) is 0 Å². The number of esters is 1. The van der Waals surface area contributed by atoms with Crippen molar-refractivity contribution in [2.45, 2.75) is 18.9 Å². The largest absolute Gasteiger partial charge is 0.493 e. The van der Waals surface area contributed by atoms with E-state index >= 15 is 0 Å². The number of rotatable bonds is 8. The SMILES string of the molecule is COC(=O)C[C@@H](NC(=O)Cc1ccc(Cl)cc1)c1ccc(OC)c(OC)c1. The quantitative estimate of drug-likeness (QED) is 0.699. The molecule has 0 bridgehead atoms. The van der Waals surface area contributed by atoms with Crippen LogP contribution in [0.25, 0.3) is 0 Å². The molecule has 144 valence electrons. The number of hydrogen-bond acceptors (Lipinski definition) is 5. The summed E-state index contributed by atoms with van der Waals surface area (Å²) in [5, 5.41) is 3.49. The second-order valence-electron chi connectivity index (χ2n) is 5.82. The summed E-state index contributed by atoms with van der Waals surface area (Å²) in [5.74, 6) is 0.421. The van der Waals surface area contributed by atoms with Crippen LogP contribution in [0.2, 0.25) is 5.02 Å². The van der Waals surface area contributed by atoms with Crippen LogP contribution in [-0.2, 0) is 20.7 Å². The Kier molecular flexibility index (Phi) is 7.49. The van der Waals surface area contributed by atoms with Gasteiger partial charge in [-0.05, 0) is 35.4 Å². The highest BCUT2D eigenvalue weighted by Crippen LogP contribution is 2.31. The second kappa shape index (κ2) is 9.83. The molecule has 27 heavy (non-hydrogen) atoms. The van der Waals surface area contributed by atoms with E-state index in [4.69, 9.17) is 25.8 Å². The number of benzene rings is 2. The molecule has 0 heterocycles. The van der Waals surface area contributed by atoms with Gasteiger partial charge >= 0.3 is 5.97 Å². The van der Waals surface area contributed by atoms with Gasteiger partial charge in [-0.15, -0.1) is 0 Å². The summed E-state index contributed by atoms with van der Waals surface area (Å²) in [6.07, 6.45) is 0.167. The molecule has 0 unspecified atom stereocenters. The van der Waals surface area contributed by atoms with Crippen LogP contribution in [0, 0.1) is 0 Å². The van der Waals surface area contributed by atoms with Gasteiger partial charge in [0.2, 0.25) is 5.91 Å². The molecular formula is C20H22ClNO5. The van der Waals surface area contributed by atoms with E-state index in [1.54, 1.807) is 42.5 Å². The van der Waals surface area contributed by atoms with Crippen LogP contribution in [0.15, 0.2) is 42.5 Å². The van der Waals surface area contributed by atoms with Gasteiger partial charge in [0.15, 0.2) is 11.5 Å². The first-order chi connectivity index (χ1) is 13.0. The van der Waals surface area contributed by atoms with Crippen molar-refractivity contribution in [3.63, 3.8) is 0 Å². The molecule has 1 N–H and O–H groups in total. The molecule has 0 aliphatic carbocycles. The molecule has 2 aromatic rings. The van der Waals surface area contributed by atoms with Crippen LogP contribution in [-0.4, -0.2) is 33.2 Å². The van der Waals surface area contributed by atoms with E-state index in [1.807, 2.05) is 0 Å². The highest BCUT2D eigenvalue weighted by atomic mass is 35.5. The van der Waals surface area contributed by atoms with E-state index in [1.165, 1.54) is 21.3 Å². The second-order valence-corrected chi connectivity index (χ2v) is 6.25. The Morgan fingerprint density at radius 2 is 1.67 bits per heavy atom. The highest BCUT2D eigenvalue weighted by Gasteiger charge is 2.20. The third-order valence-corrected chi connectivity index (χ3v) is 4.27. The van der Waals surface area contributed by atoms with Crippen molar-refractivity contribution in [1.82, 2.24) is 5.32 Å². The van der Waals surface area contributed by atoms with Crippen LogP contribution in [0.1, 0.15) is 23.6 Å². The lowest BCUT2D eigenvalue weighted by molar-refractivity contribution is -0.141. The maximum Gasteiger partial charge on any atom is 0.307 e. The summed E-state index contributed by atoms with van der Waals surface area (Å²) in [5.41, 5.74) is 1.53. The molecule has 0 aliphatic heterocycles. The van der Waals surface area contributed by atoms with E-state index in [9.17, 15) is 9.59 Å². The average molecular weight is 392 g/mol. The van der Waals surface area contributed by atoms with Gasteiger partial charge in [0, 0.05) is 5.02 Å². The molecule has 2 rings (SSSR count). The number of carbonyl (C=O) groups is 2. The van der Waals surface area contributed by atoms with Gasteiger partial charge in [-0.3, -0.25) is 9.59 Å². The minimum Gasteiger partial charge on any atom is -0.493 e. The zero-order valence-electron chi connectivity index (χ0n) is 15.5. The van der Waals surface area contributed by atoms with Gasteiger partial charge in [0.25, 0.3) is 0 Å². The number of carbonyl (C=O) groups excluding carboxylic acids is 2. The van der Waals surface area contributed by atoms with E-state index in [0.717, 1.165) is 5.56 Å². The van der Waals surface area contributed by atoms with Gasteiger partial charge in [-0.25, -0.2) is 0 Å². The lowest BCUT2D eigenvalue weighted by atomic mass is 10.0. The number of hydrogen-bond donors (Lipinski definition) is 1. The minimum absolute atomic E-state index is 0.00165. The van der Waals surface area contributed by atoms with Crippen molar-refractivity contribution >= 4 is 23.5 Å². The van der Waals surface area contributed by atoms with Crippen molar-refractivity contribution in [2.75, 3.05) is 21.3 Å². The molecule has 1 amide bonds. The summed E-state index contributed by atoms with van der Waals surface area (Å²) >= 11 is 5.87. The Bertz CT molecular complexity index is 791. The van der Waals surface area contributed by atoms with Crippen LogP contribution in [0.4, 0.5) is 0 Å². The number of ether oxygens (including phenoxy) is 3. The lowest BCUT2D eigenvalue weighted by Crippen LogP contribution is -2.31. The standard InChI is InChI=1S/C20H22ClNO5/c1-25-17-9-6-14(11-18(17)26-2)16(12-20(24)27-3)22-19(23)10-13-4-7-15(21)8-5-13/h4-9,11,16H,10,12H2,1-3H3,(H,22,23)/t16-/m1/s1. The Morgan fingerprint density at radius 1 is 1.00 bits per heavy atom. The monoisotopic (exact) mass is 391 g/mol. The van der Waals surface area contributed by atoms with Gasteiger partial charge in [0.05, 0.1) is 40.2 Å². The zero-order valence-corrected chi connectivity index (χ0v) is 16.2. The van der Waals surface area contributed by atoms with Crippen molar-refractivity contribution in [1.29, 1.82) is 0 Å². The molecule has 0 fully saturated rings. The number of methoxy groups -OCH3 is 3. The molecule has 0 saturated heterocycles. The minimum atomic E-state index is -0.558. The van der Waals surface area contributed by atoms with E-state index < -0.39 is 12.0 Å². The topological polar surface area (TPSA) is 73.9 Å². The van der Waals surface area contributed by atoms with E-state index in [-0.39, 0.29) is 18.7 Å². The third kappa shape index (κ3) is 5.89. The fraction of sp³-hybridized carbons (Fsp3) is 0.300. The summed E-state index contributed by atoms with van der Waals surface area (Å²) in [7, 11) is 4.37. The first-order valence-corrected chi connectivity index (χ1v) is 8.67. The van der Waals surface area contributed by atoms with Crippen molar-refractivity contribution < 1.29 is 23.8 Å². The van der Waals surface area contributed by atoms with Crippen molar-refractivity contribution in [3.8, 4) is 11.5 Å². The molecule has 0 aliphatic rings. The van der Waals surface area contributed by atoms with E-state index in [2.05, 4.69) is 5.32 Å². The smallest absolute Gasteiger partial charge is 0.307 e. The summed E-state index contributed by atoms with van der Waals surface area (Å²) in [6, 6.07) is 11.7. The Hall–Kier alpha value is -2.73. The first kappa shape index (κ1) is 20.6. The fourth-order valence-corrected chi connectivity index (χ4v) is 2.73. The lowest BCUT2D eigenvalue weighted by Gasteiger charge is -2.20. The maximum absolute atomic E-state index is 12.5. The molecule has 0 spiro atoms. The normalized spacial score (nSPS) is 11.4. The molecule has 1 atom stereocenters. The van der Waals surface area contributed by atoms with Crippen LogP contribution >= 0.6 is 11.6 Å². The van der Waals surface area contributed by atoms with Crippen LogP contribution < -0.4 is 14.8 Å². The molecule has 0 radical (unpaired) electrons. The molecular weight excluding hydrogens is 370 g/mol.